The molecule has 5 aromatic rings. The molecule has 2 atom stereocenters. The third-order valence-corrected chi connectivity index (χ3v) is 10.0. The van der Waals surface area contributed by atoms with Crippen molar-refractivity contribution in [2.75, 3.05) is 11.9 Å². The van der Waals surface area contributed by atoms with E-state index in [1.165, 1.54) is 13.8 Å². The lowest BCUT2D eigenvalue weighted by molar-refractivity contribution is -0.300. The van der Waals surface area contributed by atoms with Crippen LogP contribution in [0, 0.1) is 6.92 Å². The van der Waals surface area contributed by atoms with Gasteiger partial charge in [-0.2, -0.15) is 13.2 Å². The minimum atomic E-state index is -4.42. The van der Waals surface area contributed by atoms with E-state index in [9.17, 15) is 22.8 Å². The number of benzene rings is 1. The lowest BCUT2D eigenvalue weighted by Gasteiger charge is -2.47. The maximum Gasteiger partial charge on any atom is 0.417 e. The van der Waals surface area contributed by atoms with Gasteiger partial charge in [0, 0.05) is 62.3 Å². The van der Waals surface area contributed by atoms with Crippen LogP contribution in [0.3, 0.4) is 0 Å². The van der Waals surface area contributed by atoms with Gasteiger partial charge in [-0.05, 0) is 68.0 Å². The standard InChI is InChI=1S/C25H29F3N4O2.C9H10BrN3O/c1-18-7-2-3-8-19(18)17-34-24(25(26,27)28)15-20-10-11-21(16-24)30(20)13-6-14-32-23(33)31-12-5-4-9-22(31)29-32;10-5-3-7-13-9(14)12-6-2-1-4-8(12)11-13/h2-5,7-9,12,20-21H,6,10-11,13-17H2,1H3;1-2,4,6H,3,5,7H2. The van der Waals surface area contributed by atoms with E-state index in [4.69, 9.17) is 4.74 Å². The molecule has 0 N–H and O–H groups in total. The van der Waals surface area contributed by atoms with Crippen molar-refractivity contribution in [3.8, 4) is 0 Å². The van der Waals surface area contributed by atoms with Gasteiger partial charge in [-0.3, -0.25) is 13.7 Å². The van der Waals surface area contributed by atoms with Crippen LogP contribution in [0.5, 0.6) is 0 Å². The first-order valence-electron chi connectivity index (χ1n) is 16.3. The number of halogens is 4. The van der Waals surface area contributed by atoms with Crippen molar-refractivity contribution >= 4 is 27.2 Å². The van der Waals surface area contributed by atoms with E-state index in [2.05, 4.69) is 31.0 Å². The van der Waals surface area contributed by atoms with Gasteiger partial charge in [-0.1, -0.05) is 52.3 Å². The summed E-state index contributed by atoms with van der Waals surface area (Å²) in [7, 11) is 0. The lowest BCUT2D eigenvalue weighted by atomic mass is 9.84. The molecule has 2 aliphatic heterocycles. The third-order valence-electron chi connectivity index (χ3n) is 9.45. The fourth-order valence-corrected chi connectivity index (χ4v) is 7.17. The van der Waals surface area contributed by atoms with Crippen molar-refractivity contribution in [1.29, 1.82) is 0 Å². The third kappa shape index (κ3) is 7.01. The molecule has 2 saturated heterocycles. The first-order chi connectivity index (χ1) is 23.1. The zero-order chi connectivity index (χ0) is 33.9. The van der Waals surface area contributed by atoms with Crippen LogP contribution >= 0.6 is 15.9 Å². The lowest BCUT2D eigenvalue weighted by Crippen LogP contribution is -2.59. The van der Waals surface area contributed by atoms with Crippen molar-refractivity contribution in [2.24, 2.45) is 0 Å². The van der Waals surface area contributed by atoms with E-state index >= 15 is 0 Å². The predicted octanol–water partition coefficient (Wildman–Crippen LogP) is 5.62. The Morgan fingerprint density at radius 3 is 1.88 bits per heavy atom. The molecule has 0 amide bonds. The number of hydrogen-bond acceptors (Lipinski definition) is 6. The van der Waals surface area contributed by atoms with Gasteiger partial charge >= 0.3 is 17.6 Å². The molecule has 14 heteroatoms. The number of rotatable bonds is 10. The minimum Gasteiger partial charge on any atom is -0.361 e. The van der Waals surface area contributed by atoms with Crippen molar-refractivity contribution < 1.29 is 17.9 Å². The summed E-state index contributed by atoms with van der Waals surface area (Å²) in [5.41, 5.74) is 0.634. The normalized spacial score (nSPS) is 21.1. The SMILES string of the molecule is Cc1ccccc1COC1(C(F)(F)F)CC2CCC(C1)N2CCCn1nc2ccccn2c1=O.O=c1n(CCCBr)nc2ccccn12. The van der Waals surface area contributed by atoms with Gasteiger partial charge in [-0.15, -0.1) is 10.2 Å². The highest BCUT2D eigenvalue weighted by atomic mass is 79.9. The zero-order valence-electron chi connectivity index (χ0n) is 26.7. The number of hydrogen-bond donors (Lipinski definition) is 0. The number of fused-ring (bicyclic) bond motifs is 4. The molecule has 10 nitrogen and oxygen atoms in total. The molecule has 0 radical (unpaired) electrons. The van der Waals surface area contributed by atoms with E-state index in [1.807, 2.05) is 55.5 Å². The number of aryl methyl sites for hydroxylation is 3. The Balaban J connectivity index is 0.000000239. The van der Waals surface area contributed by atoms with Crippen LogP contribution < -0.4 is 11.4 Å². The maximum absolute atomic E-state index is 14.3. The Morgan fingerprint density at radius 2 is 1.35 bits per heavy atom. The van der Waals surface area contributed by atoms with Gasteiger partial charge in [0.1, 0.15) is 0 Å². The molecule has 48 heavy (non-hydrogen) atoms. The topological polar surface area (TPSA) is 91.1 Å². The number of piperidine rings is 1. The van der Waals surface area contributed by atoms with Crippen LogP contribution in [-0.2, 0) is 24.4 Å². The monoisotopic (exact) mass is 729 g/mol. The molecule has 2 fully saturated rings. The van der Waals surface area contributed by atoms with Gasteiger partial charge in [-0.25, -0.2) is 19.0 Å². The molecular formula is C34H39BrF3N7O3. The highest BCUT2D eigenvalue weighted by Crippen LogP contribution is 2.50. The predicted molar refractivity (Wildman–Crippen MR) is 179 cm³/mol. The summed E-state index contributed by atoms with van der Waals surface area (Å²) in [4.78, 5) is 26.3. The van der Waals surface area contributed by atoms with E-state index in [1.54, 1.807) is 28.9 Å². The second kappa shape index (κ2) is 14.4. The van der Waals surface area contributed by atoms with Gasteiger partial charge in [0.05, 0.1) is 6.61 Å². The van der Waals surface area contributed by atoms with Gasteiger partial charge < -0.3 is 4.74 Å². The molecule has 2 aliphatic rings. The number of pyridine rings is 2. The van der Waals surface area contributed by atoms with Crippen LogP contribution in [0.2, 0.25) is 0 Å². The maximum atomic E-state index is 14.3. The molecule has 1 aromatic carbocycles. The average molecular weight is 731 g/mol. The molecule has 2 unspecified atom stereocenters. The van der Waals surface area contributed by atoms with Crippen LogP contribution in [0.1, 0.15) is 49.7 Å². The van der Waals surface area contributed by atoms with Crippen molar-refractivity contribution in [3.05, 3.63) is 105 Å². The molecule has 2 bridgehead atoms. The largest absolute Gasteiger partial charge is 0.417 e. The Morgan fingerprint density at radius 1 is 0.812 bits per heavy atom. The molecule has 7 rings (SSSR count). The van der Waals surface area contributed by atoms with Crippen molar-refractivity contribution in [1.82, 2.24) is 33.3 Å². The fourth-order valence-electron chi connectivity index (χ4n) is 6.92. The summed E-state index contributed by atoms with van der Waals surface area (Å²) in [5, 5.41) is 9.42. The first-order valence-corrected chi connectivity index (χ1v) is 17.4. The first kappa shape index (κ1) is 34.1. The van der Waals surface area contributed by atoms with Crippen LogP contribution in [0.4, 0.5) is 13.2 Å². The van der Waals surface area contributed by atoms with Gasteiger partial charge in [0.25, 0.3) is 0 Å². The Kier molecular flexibility index (Phi) is 10.2. The molecular weight excluding hydrogens is 691 g/mol. The highest BCUT2D eigenvalue weighted by molar-refractivity contribution is 9.09. The Bertz CT molecular complexity index is 1950. The summed E-state index contributed by atoms with van der Waals surface area (Å²) in [6, 6.07) is 18.0. The number of nitrogens with zero attached hydrogens (tertiary/aromatic N) is 7. The van der Waals surface area contributed by atoms with E-state index in [0.29, 0.717) is 37.3 Å². The quantitative estimate of drug-likeness (QED) is 0.174. The van der Waals surface area contributed by atoms with E-state index in [0.717, 1.165) is 35.7 Å². The zero-order valence-corrected chi connectivity index (χ0v) is 28.3. The Hall–Kier alpha value is -3.75. The number of ether oxygens (including phenoxy) is 1. The van der Waals surface area contributed by atoms with E-state index < -0.39 is 11.8 Å². The average Bonchev–Trinajstić information content (AvgIpc) is 3.66. The molecule has 0 aliphatic carbocycles. The second-order valence-electron chi connectivity index (χ2n) is 12.5. The van der Waals surface area contributed by atoms with Crippen molar-refractivity contribution in [2.45, 2.75) is 89.0 Å². The molecule has 0 spiro atoms. The highest BCUT2D eigenvalue weighted by Gasteiger charge is 2.62. The summed E-state index contributed by atoms with van der Waals surface area (Å²) in [6.07, 6.45) is 1.93. The second-order valence-corrected chi connectivity index (χ2v) is 13.3. The molecule has 6 heterocycles. The van der Waals surface area contributed by atoms with Gasteiger partial charge in [0.2, 0.25) is 0 Å². The smallest absolute Gasteiger partial charge is 0.361 e. The number of aromatic nitrogens is 6. The summed E-state index contributed by atoms with van der Waals surface area (Å²) >= 11 is 3.33. The summed E-state index contributed by atoms with van der Waals surface area (Å²) < 4.78 is 54.7. The number of alkyl halides is 4. The van der Waals surface area contributed by atoms with Crippen molar-refractivity contribution in [3.63, 3.8) is 0 Å². The minimum absolute atomic E-state index is 0.0393. The summed E-state index contributed by atoms with van der Waals surface area (Å²) in [6.45, 7) is 3.58. The molecule has 0 saturated carbocycles. The van der Waals surface area contributed by atoms with E-state index in [-0.39, 0.29) is 42.9 Å². The molecule has 256 valence electrons. The molecule has 4 aromatic heterocycles. The summed E-state index contributed by atoms with van der Waals surface area (Å²) in [5.74, 6) is 0. The van der Waals surface area contributed by atoms with Crippen LogP contribution in [-0.4, -0.2) is 69.0 Å². The van der Waals surface area contributed by atoms with Gasteiger partial charge in [0.15, 0.2) is 16.9 Å². The van der Waals surface area contributed by atoms with Crippen LogP contribution in [0.25, 0.3) is 11.3 Å². The fraction of sp³-hybridized carbons (Fsp3) is 0.471. The van der Waals surface area contributed by atoms with Crippen LogP contribution in [0.15, 0.2) is 82.6 Å². The Labute approximate surface area is 283 Å².